The number of imide groups is 1. The van der Waals surface area contributed by atoms with E-state index < -0.39 is 96.4 Å². The van der Waals surface area contributed by atoms with E-state index in [1.165, 1.54) is 37.5 Å². The molecule has 1 saturated heterocycles. The van der Waals surface area contributed by atoms with E-state index in [9.17, 15) is 49.5 Å². The summed E-state index contributed by atoms with van der Waals surface area (Å²) in [7, 11) is 1.32. The number of amides is 2. The van der Waals surface area contributed by atoms with Crippen molar-refractivity contribution in [2.75, 3.05) is 26.8 Å². The molecule has 0 saturated carbocycles. The number of methoxy groups -OCH3 is 1. The van der Waals surface area contributed by atoms with Gasteiger partial charge >= 0.3 is 0 Å². The lowest BCUT2D eigenvalue weighted by Crippen LogP contribution is -2.53. The van der Waals surface area contributed by atoms with E-state index in [1.807, 2.05) is 0 Å². The van der Waals surface area contributed by atoms with E-state index >= 15 is 0 Å². The third-order valence-electron chi connectivity index (χ3n) is 10.5. The molecular formula is C38H43N3O13. The highest BCUT2D eigenvalue weighted by Gasteiger charge is 2.49. The number of phenolic OH excluding ortho intramolecular Hbond substituents is 2. The van der Waals surface area contributed by atoms with Crippen molar-refractivity contribution in [1.29, 1.82) is 0 Å². The van der Waals surface area contributed by atoms with Crippen LogP contribution in [-0.4, -0.2) is 122 Å². The van der Waals surface area contributed by atoms with Gasteiger partial charge in [-0.3, -0.25) is 33.9 Å². The SMILES string of the molecule is COc1cccc2c1C(=O)c1c(O)c3c(c(O)c1C2=O)C[C@@](O)(C(CO)=NCC(=O)CCCCCN1C(=O)C=CC1=O)C[C@@H]3O[C@H]1C[C@H](N)[C@H](O)[C@H](C)O1. The summed E-state index contributed by atoms with van der Waals surface area (Å²) >= 11 is 0. The molecule has 54 heavy (non-hydrogen) atoms. The number of carbonyl (C=O) groups is 5. The minimum Gasteiger partial charge on any atom is -0.507 e. The Morgan fingerprint density at radius 3 is 2.41 bits per heavy atom. The highest BCUT2D eigenvalue weighted by Crippen LogP contribution is 2.52. The van der Waals surface area contributed by atoms with E-state index in [0.29, 0.717) is 19.3 Å². The van der Waals surface area contributed by atoms with Gasteiger partial charge in [-0.15, -0.1) is 0 Å². The number of Topliss-reactive ketones (excluding diaryl/α,β-unsaturated/α-hetero) is 1. The number of hydrogen-bond donors (Lipinski definition) is 6. The molecule has 16 heteroatoms. The van der Waals surface area contributed by atoms with Gasteiger partial charge < -0.3 is 45.5 Å². The summed E-state index contributed by atoms with van der Waals surface area (Å²) < 4.78 is 17.4. The van der Waals surface area contributed by atoms with Gasteiger partial charge in [0.05, 0.1) is 61.0 Å². The average Bonchev–Trinajstić information content (AvgIpc) is 3.46. The van der Waals surface area contributed by atoms with Gasteiger partial charge in [0.15, 0.2) is 17.9 Å². The average molecular weight is 750 g/mol. The Morgan fingerprint density at radius 2 is 1.74 bits per heavy atom. The summed E-state index contributed by atoms with van der Waals surface area (Å²) in [6.07, 6.45) is -1.14. The van der Waals surface area contributed by atoms with E-state index in [4.69, 9.17) is 19.9 Å². The first kappa shape index (κ1) is 38.9. The highest BCUT2D eigenvalue weighted by molar-refractivity contribution is 6.31. The fraction of sp³-hybridized carbons (Fsp3) is 0.474. The third-order valence-corrected chi connectivity index (χ3v) is 10.5. The zero-order valence-electron chi connectivity index (χ0n) is 29.8. The van der Waals surface area contributed by atoms with Gasteiger partial charge in [-0.1, -0.05) is 18.6 Å². The van der Waals surface area contributed by atoms with Crippen LogP contribution in [0, 0.1) is 0 Å². The Bertz CT molecular complexity index is 1930. The molecule has 4 aliphatic rings. The molecule has 6 rings (SSSR count). The maximum absolute atomic E-state index is 14.0. The van der Waals surface area contributed by atoms with Crippen molar-refractivity contribution in [2.24, 2.45) is 10.7 Å². The molecule has 2 heterocycles. The summed E-state index contributed by atoms with van der Waals surface area (Å²) in [5, 5.41) is 56.6. The standard InChI is InChI=1S/C38H43N3O13/c1-18-33(46)22(39)13-28(53-18)54-24-15-38(51,25(17-42)40-16-19(43)7-4-3-5-12-41-26(44)10-11-27(41)45)14-21-30(24)37(50)32-31(35(21)48)34(47)20-8-6-9-23(52-2)29(20)36(32)49/h6,8-11,18,22,24,28,33,42,46,48,50-51H,3-5,7,12-17,39H2,1-2H3/t18-,22-,24-,28-,33+,38-/m0/s1. The molecule has 2 aromatic rings. The molecule has 288 valence electrons. The van der Waals surface area contributed by atoms with Crippen LogP contribution in [-0.2, 0) is 30.3 Å². The van der Waals surface area contributed by atoms with Crippen molar-refractivity contribution in [3.05, 3.63) is 63.7 Å². The fourth-order valence-electron chi connectivity index (χ4n) is 7.64. The number of nitrogens with zero attached hydrogens (tertiary/aromatic N) is 2. The summed E-state index contributed by atoms with van der Waals surface area (Å²) in [5.41, 5.74) is 2.42. The Labute approximate surface area is 309 Å². The van der Waals surface area contributed by atoms with Crippen LogP contribution in [0.5, 0.6) is 17.2 Å². The lowest BCUT2D eigenvalue weighted by molar-refractivity contribution is -0.245. The Hall–Kier alpha value is -4.84. The number of nitrogens with two attached hydrogens (primary N) is 1. The van der Waals surface area contributed by atoms with Crippen LogP contribution in [0.3, 0.4) is 0 Å². The quantitative estimate of drug-likeness (QED) is 0.0615. The maximum atomic E-state index is 14.0. The lowest BCUT2D eigenvalue weighted by Gasteiger charge is -2.43. The summed E-state index contributed by atoms with van der Waals surface area (Å²) in [4.78, 5) is 69.5. The zero-order valence-corrected chi connectivity index (χ0v) is 29.8. The molecule has 6 atom stereocenters. The van der Waals surface area contributed by atoms with Crippen LogP contribution >= 0.6 is 0 Å². The van der Waals surface area contributed by atoms with Gasteiger partial charge in [-0.2, -0.15) is 0 Å². The molecule has 0 radical (unpaired) electrons. The predicted molar refractivity (Wildman–Crippen MR) is 188 cm³/mol. The molecule has 0 unspecified atom stereocenters. The molecule has 2 amide bonds. The summed E-state index contributed by atoms with van der Waals surface area (Å²) in [5.74, 6) is -3.91. The zero-order chi connectivity index (χ0) is 39.1. The number of rotatable bonds is 13. The second-order valence-corrected chi connectivity index (χ2v) is 14.0. The van der Waals surface area contributed by atoms with E-state index in [2.05, 4.69) is 4.99 Å². The van der Waals surface area contributed by atoms with Gasteiger partial charge in [0.2, 0.25) is 5.78 Å². The molecule has 0 spiro atoms. The van der Waals surface area contributed by atoms with Crippen LogP contribution in [0.25, 0.3) is 0 Å². The summed E-state index contributed by atoms with van der Waals surface area (Å²) in [6.45, 7) is 0.591. The second kappa shape index (κ2) is 15.5. The van der Waals surface area contributed by atoms with Crippen LogP contribution in [0.15, 0.2) is 35.3 Å². The van der Waals surface area contributed by atoms with Crippen LogP contribution in [0.4, 0.5) is 0 Å². The molecule has 2 aliphatic carbocycles. The van der Waals surface area contributed by atoms with Crippen molar-refractivity contribution in [1.82, 2.24) is 4.90 Å². The predicted octanol–water partition coefficient (Wildman–Crippen LogP) is 0.928. The minimum atomic E-state index is -2.10. The van der Waals surface area contributed by atoms with Gasteiger partial charge in [0.25, 0.3) is 11.8 Å². The number of hydrogen-bond acceptors (Lipinski definition) is 15. The van der Waals surface area contributed by atoms with Crippen molar-refractivity contribution >= 4 is 34.9 Å². The number of carbonyl (C=O) groups excluding carboxylic acids is 5. The number of ether oxygens (including phenoxy) is 3. The molecule has 16 nitrogen and oxygen atoms in total. The number of fused-ring (bicyclic) bond motifs is 3. The van der Waals surface area contributed by atoms with Crippen molar-refractivity contribution in [3.8, 4) is 17.2 Å². The van der Waals surface area contributed by atoms with Crippen LogP contribution in [0.1, 0.15) is 94.5 Å². The third kappa shape index (κ3) is 7.08. The smallest absolute Gasteiger partial charge is 0.253 e. The monoisotopic (exact) mass is 749 g/mol. The van der Waals surface area contributed by atoms with Crippen molar-refractivity contribution in [3.63, 3.8) is 0 Å². The van der Waals surface area contributed by atoms with Gasteiger partial charge in [0.1, 0.15) is 22.8 Å². The van der Waals surface area contributed by atoms with Crippen molar-refractivity contribution < 1.29 is 63.7 Å². The molecule has 0 aromatic heterocycles. The first-order valence-corrected chi connectivity index (χ1v) is 17.7. The Balaban J connectivity index is 1.29. The van der Waals surface area contributed by atoms with Crippen LogP contribution < -0.4 is 10.5 Å². The molecule has 0 bridgehead atoms. The minimum absolute atomic E-state index is 0.00751. The number of aromatic hydroxyl groups is 2. The first-order chi connectivity index (χ1) is 25.7. The number of aliphatic hydroxyl groups excluding tert-OH is 2. The topological polar surface area (TPSA) is 256 Å². The van der Waals surface area contributed by atoms with E-state index in [-0.39, 0.29) is 70.7 Å². The molecule has 2 aromatic carbocycles. The largest absolute Gasteiger partial charge is 0.507 e. The first-order valence-electron chi connectivity index (χ1n) is 17.7. The fourth-order valence-corrected chi connectivity index (χ4v) is 7.64. The van der Waals surface area contributed by atoms with Gasteiger partial charge in [-0.25, -0.2) is 0 Å². The maximum Gasteiger partial charge on any atom is 0.253 e. The summed E-state index contributed by atoms with van der Waals surface area (Å²) in [6, 6.07) is 3.60. The lowest BCUT2D eigenvalue weighted by atomic mass is 9.71. The number of ketones is 3. The van der Waals surface area contributed by atoms with E-state index in [0.717, 1.165) is 4.90 Å². The van der Waals surface area contributed by atoms with Gasteiger partial charge in [-0.05, 0) is 25.8 Å². The number of phenols is 2. The van der Waals surface area contributed by atoms with Crippen LogP contribution in [0.2, 0.25) is 0 Å². The molecule has 2 aliphatic heterocycles. The molecule has 1 fully saturated rings. The normalized spacial score (nSPS) is 26.5. The Morgan fingerprint density at radius 1 is 1.04 bits per heavy atom. The second-order valence-electron chi connectivity index (χ2n) is 14.0. The molecular weight excluding hydrogens is 706 g/mol. The number of aliphatic imine (C=N–C) groups is 1. The number of aliphatic hydroxyl groups is 3. The van der Waals surface area contributed by atoms with Crippen molar-refractivity contribution in [2.45, 2.75) is 88.1 Å². The highest BCUT2D eigenvalue weighted by atomic mass is 16.7. The number of unbranched alkanes of at least 4 members (excludes halogenated alkanes) is 2. The number of benzene rings is 2. The molecule has 7 N–H and O–H groups in total. The van der Waals surface area contributed by atoms with E-state index in [1.54, 1.807) is 6.92 Å². The Kier molecular flexibility index (Phi) is 11.1. The van der Waals surface area contributed by atoms with Gasteiger partial charge in [0, 0.05) is 67.1 Å².